The summed E-state index contributed by atoms with van der Waals surface area (Å²) in [5, 5.41) is 28.9. The fraction of sp³-hybridized carbons (Fsp3) is 0.833. The van der Waals surface area contributed by atoms with Crippen LogP contribution in [0.4, 0.5) is 0 Å². The number of nitrogens with zero attached hydrogens (tertiary/aromatic N) is 1. The van der Waals surface area contributed by atoms with E-state index >= 15 is 0 Å². The quantitative estimate of drug-likeness (QED) is 0.559. The van der Waals surface area contributed by atoms with Gasteiger partial charge in [-0.2, -0.15) is 0 Å². The fourth-order valence-electron chi connectivity index (χ4n) is 2.86. The average molecular weight is 243 g/mol. The van der Waals surface area contributed by atoms with E-state index in [1.807, 2.05) is 0 Å². The maximum Gasteiger partial charge on any atom is 0.110 e. The predicted octanol–water partition coefficient (Wildman–Crippen LogP) is -0.882. The normalized spacial score (nSPS) is 42.4. The minimum absolute atomic E-state index is 0.0169. The van der Waals surface area contributed by atoms with Gasteiger partial charge in [0.1, 0.15) is 18.3 Å². The Kier molecular flexibility index (Phi) is 4.17. The Hall–Kier alpha value is -0.460. The Morgan fingerprint density at radius 3 is 2.76 bits per heavy atom. The first-order valence-electron chi connectivity index (χ1n) is 6.16. The molecule has 5 nitrogen and oxygen atoms in total. The maximum absolute atomic E-state index is 9.98. The van der Waals surface area contributed by atoms with Crippen LogP contribution in [0.2, 0.25) is 0 Å². The smallest absolute Gasteiger partial charge is 0.110 e. The molecular weight excluding hydrogens is 222 g/mol. The summed E-state index contributed by atoms with van der Waals surface area (Å²) < 4.78 is 5.72. The van der Waals surface area contributed by atoms with Crippen molar-refractivity contribution in [3.05, 3.63) is 12.7 Å². The van der Waals surface area contributed by atoms with Crippen molar-refractivity contribution in [1.29, 1.82) is 0 Å². The number of hydrogen-bond acceptors (Lipinski definition) is 5. The Morgan fingerprint density at radius 2 is 2.12 bits per heavy atom. The average Bonchev–Trinajstić information content (AvgIpc) is 2.51. The molecule has 2 aliphatic rings. The lowest BCUT2D eigenvalue weighted by molar-refractivity contribution is -0.0266. The van der Waals surface area contributed by atoms with Gasteiger partial charge in [-0.15, -0.1) is 6.58 Å². The first-order chi connectivity index (χ1) is 8.19. The zero-order valence-electron chi connectivity index (χ0n) is 9.90. The van der Waals surface area contributed by atoms with Crippen molar-refractivity contribution >= 4 is 0 Å². The number of fused-ring (bicyclic) bond motifs is 2. The molecule has 0 saturated carbocycles. The molecule has 2 bridgehead atoms. The first-order valence-corrected chi connectivity index (χ1v) is 6.16. The summed E-state index contributed by atoms with van der Waals surface area (Å²) in [6.45, 7) is 5.14. The van der Waals surface area contributed by atoms with E-state index in [-0.39, 0.29) is 24.9 Å². The van der Waals surface area contributed by atoms with Crippen molar-refractivity contribution in [2.24, 2.45) is 0 Å². The lowest BCUT2D eigenvalue weighted by Crippen LogP contribution is -2.50. The van der Waals surface area contributed by atoms with Crippen molar-refractivity contribution in [2.75, 3.05) is 19.7 Å². The number of aliphatic hydroxyl groups is 3. The van der Waals surface area contributed by atoms with E-state index in [4.69, 9.17) is 9.84 Å². The molecule has 0 aliphatic carbocycles. The highest BCUT2D eigenvalue weighted by atomic mass is 16.5. The second kappa shape index (κ2) is 5.46. The van der Waals surface area contributed by atoms with E-state index in [2.05, 4.69) is 11.5 Å². The molecule has 3 N–H and O–H groups in total. The number of rotatable bonds is 4. The van der Waals surface area contributed by atoms with Crippen LogP contribution in [0.1, 0.15) is 12.8 Å². The first kappa shape index (κ1) is 13.0. The summed E-state index contributed by atoms with van der Waals surface area (Å²) in [6, 6.07) is -0.0169. The third kappa shape index (κ3) is 2.39. The van der Waals surface area contributed by atoms with Crippen molar-refractivity contribution in [1.82, 2.24) is 4.90 Å². The molecule has 17 heavy (non-hydrogen) atoms. The number of likely N-dealkylation sites (tertiary alicyclic amines) is 1. The topological polar surface area (TPSA) is 73.2 Å². The zero-order valence-corrected chi connectivity index (χ0v) is 9.90. The lowest BCUT2D eigenvalue weighted by Gasteiger charge is -2.34. The zero-order chi connectivity index (χ0) is 12.4. The Bertz CT molecular complexity index is 273. The van der Waals surface area contributed by atoms with Crippen LogP contribution in [0.25, 0.3) is 0 Å². The molecule has 2 heterocycles. The van der Waals surface area contributed by atoms with E-state index in [9.17, 15) is 10.2 Å². The highest BCUT2D eigenvalue weighted by molar-refractivity contribution is 5.01. The van der Waals surface area contributed by atoms with Gasteiger partial charge in [-0.05, 0) is 12.8 Å². The van der Waals surface area contributed by atoms with E-state index in [0.29, 0.717) is 19.4 Å². The van der Waals surface area contributed by atoms with Gasteiger partial charge in [0.25, 0.3) is 0 Å². The highest BCUT2D eigenvalue weighted by Gasteiger charge is 2.49. The van der Waals surface area contributed by atoms with Crippen LogP contribution in [0.5, 0.6) is 0 Å². The second-order valence-corrected chi connectivity index (χ2v) is 4.76. The minimum Gasteiger partial charge on any atom is -0.395 e. The van der Waals surface area contributed by atoms with Crippen LogP contribution in [-0.4, -0.2) is 70.4 Å². The van der Waals surface area contributed by atoms with Gasteiger partial charge < -0.3 is 20.1 Å². The van der Waals surface area contributed by atoms with Crippen molar-refractivity contribution in [3.8, 4) is 0 Å². The van der Waals surface area contributed by atoms with Crippen LogP contribution < -0.4 is 0 Å². The molecule has 2 saturated heterocycles. The largest absolute Gasteiger partial charge is 0.395 e. The molecule has 0 aromatic carbocycles. The van der Waals surface area contributed by atoms with Gasteiger partial charge in [0.05, 0.1) is 12.7 Å². The third-order valence-electron chi connectivity index (χ3n) is 3.74. The van der Waals surface area contributed by atoms with Crippen LogP contribution >= 0.6 is 0 Å². The molecule has 0 aromatic rings. The van der Waals surface area contributed by atoms with E-state index in [0.717, 1.165) is 6.54 Å². The van der Waals surface area contributed by atoms with Crippen LogP contribution in [-0.2, 0) is 4.74 Å². The van der Waals surface area contributed by atoms with Gasteiger partial charge in [-0.3, -0.25) is 4.90 Å². The molecule has 2 aliphatic heterocycles. The molecule has 0 amide bonds. The molecule has 0 spiro atoms. The molecule has 0 radical (unpaired) electrons. The summed E-state index contributed by atoms with van der Waals surface area (Å²) in [7, 11) is 0. The molecule has 1 unspecified atom stereocenters. The van der Waals surface area contributed by atoms with Crippen molar-refractivity contribution in [3.63, 3.8) is 0 Å². The predicted molar refractivity (Wildman–Crippen MR) is 62.6 cm³/mol. The monoisotopic (exact) mass is 243 g/mol. The summed E-state index contributed by atoms with van der Waals surface area (Å²) >= 11 is 0. The van der Waals surface area contributed by atoms with Gasteiger partial charge in [-0.1, -0.05) is 6.08 Å². The van der Waals surface area contributed by atoms with Crippen molar-refractivity contribution in [2.45, 2.75) is 43.3 Å². The van der Waals surface area contributed by atoms with Gasteiger partial charge in [0, 0.05) is 19.1 Å². The van der Waals surface area contributed by atoms with E-state index in [1.54, 1.807) is 6.08 Å². The highest BCUT2D eigenvalue weighted by Crippen LogP contribution is 2.32. The molecule has 5 atom stereocenters. The summed E-state index contributed by atoms with van der Waals surface area (Å²) in [5.41, 5.74) is 0. The minimum atomic E-state index is -0.841. The van der Waals surface area contributed by atoms with Crippen LogP contribution in [0.3, 0.4) is 0 Å². The Morgan fingerprint density at radius 1 is 1.35 bits per heavy atom. The molecule has 0 aromatic heterocycles. The Balaban J connectivity index is 2.16. The molecule has 2 rings (SSSR count). The SMILES string of the molecule is C=CCC1[C@H]2O[C@@H](CCN1CCO)[C@H](O)[C@@H]2O. The molecule has 2 fully saturated rings. The van der Waals surface area contributed by atoms with Crippen molar-refractivity contribution < 1.29 is 20.1 Å². The lowest BCUT2D eigenvalue weighted by atomic mass is 9.95. The van der Waals surface area contributed by atoms with Gasteiger partial charge >= 0.3 is 0 Å². The molecular formula is C12H21NO4. The molecule has 5 heteroatoms. The van der Waals surface area contributed by atoms with Gasteiger partial charge in [0.15, 0.2) is 0 Å². The van der Waals surface area contributed by atoms with Gasteiger partial charge in [-0.25, -0.2) is 0 Å². The standard InChI is InChI=1S/C12H21NO4/c1-2-3-8-12-11(16)10(15)9(17-12)4-5-13(8)6-7-14/h2,8-12,14-16H,1,3-7H2/t8?,9-,10-,11-,12+/m0/s1. The third-order valence-corrected chi connectivity index (χ3v) is 3.74. The van der Waals surface area contributed by atoms with Gasteiger partial charge in [0.2, 0.25) is 0 Å². The number of ether oxygens (including phenoxy) is 1. The number of β-amino-alcohol motifs (C(OH)–C–C–N with tert-alkyl or cyclic N) is 1. The second-order valence-electron chi connectivity index (χ2n) is 4.76. The number of hydrogen-bond donors (Lipinski definition) is 3. The summed E-state index contributed by atoms with van der Waals surface area (Å²) in [5.74, 6) is 0. The summed E-state index contributed by atoms with van der Waals surface area (Å²) in [6.07, 6.45) is 0.850. The number of aliphatic hydroxyl groups excluding tert-OH is 3. The fourth-order valence-corrected chi connectivity index (χ4v) is 2.86. The molecule has 98 valence electrons. The summed E-state index contributed by atoms with van der Waals surface area (Å²) in [4.78, 5) is 2.11. The van der Waals surface area contributed by atoms with E-state index in [1.165, 1.54) is 0 Å². The van der Waals surface area contributed by atoms with Crippen LogP contribution in [0.15, 0.2) is 12.7 Å². The van der Waals surface area contributed by atoms with Crippen LogP contribution in [0, 0.1) is 0 Å². The maximum atomic E-state index is 9.98. The Labute approximate surface area is 101 Å². The van der Waals surface area contributed by atoms with E-state index < -0.39 is 12.2 Å².